The van der Waals surface area contributed by atoms with Gasteiger partial charge in [-0.05, 0) is 31.5 Å². The fourth-order valence-electron chi connectivity index (χ4n) is 2.46. The number of thioether (sulfide) groups is 1. The zero-order chi connectivity index (χ0) is 14.4. The number of rotatable bonds is 5. The van der Waals surface area contributed by atoms with Crippen LogP contribution in [0.3, 0.4) is 0 Å². The van der Waals surface area contributed by atoms with E-state index in [2.05, 4.69) is 4.90 Å². The van der Waals surface area contributed by atoms with Gasteiger partial charge in [0.1, 0.15) is 5.82 Å². The topological polar surface area (TPSA) is 29.5 Å². The second kappa shape index (κ2) is 7.64. The minimum atomic E-state index is -0.163. The molecule has 110 valence electrons. The molecule has 1 saturated heterocycles. The summed E-state index contributed by atoms with van der Waals surface area (Å²) in [5.41, 5.74) is 0. The number of hydrogen-bond acceptors (Lipinski definition) is 4. The molecule has 0 N–H and O–H groups in total. The molecule has 0 spiro atoms. The highest BCUT2D eigenvalue weighted by molar-refractivity contribution is 7.99. The molecule has 1 atom stereocenters. The van der Waals surface area contributed by atoms with Crippen molar-refractivity contribution in [3.63, 3.8) is 0 Å². The van der Waals surface area contributed by atoms with Crippen LogP contribution in [0, 0.1) is 11.7 Å². The molecule has 20 heavy (non-hydrogen) atoms. The number of benzene rings is 1. The lowest BCUT2D eigenvalue weighted by atomic mass is 9.98. The third-order valence-electron chi connectivity index (χ3n) is 3.54. The molecule has 0 aromatic heterocycles. The Morgan fingerprint density at radius 1 is 1.50 bits per heavy atom. The van der Waals surface area contributed by atoms with Crippen molar-refractivity contribution in [1.29, 1.82) is 0 Å². The van der Waals surface area contributed by atoms with Crippen molar-refractivity contribution in [3.05, 3.63) is 30.1 Å². The Hall–Kier alpha value is -1.07. The minimum absolute atomic E-state index is 0.00721. The van der Waals surface area contributed by atoms with Crippen LogP contribution in [0.1, 0.15) is 12.8 Å². The Morgan fingerprint density at radius 3 is 3.05 bits per heavy atom. The van der Waals surface area contributed by atoms with Crippen molar-refractivity contribution in [3.8, 4) is 0 Å². The van der Waals surface area contributed by atoms with E-state index in [1.54, 1.807) is 12.1 Å². The highest BCUT2D eigenvalue weighted by Crippen LogP contribution is 2.22. The number of hydrogen-bond donors (Lipinski definition) is 0. The molecule has 0 aliphatic carbocycles. The fourth-order valence-corrected chi connectivity index (χ4v) is 3.41. The Balaban J connectivity index is 1.77. The van der Waals surface area contributed by atoms with Crippen LogP contribution in [0.5, 0.6) is 0 Å². The molecule has 1 aliphatic rings. The first-order valence-electron chi connectivity index (χ1n) is 6.88. The molecule has 1 aliphatic heterocycles. The largest absolute Gasteiger partial charge is 0.469 e. The lowest BCUT2D eigenvalue weighted by molar-refractivity contribution is -0.147. The Morgan fingerprint density at radius 2 is 2.30 bits per heavy atom. The van der Waals surface area contributed by atoms with E-state index in [4.69, 9.17) is 4.74 Å². The number of esters is 1. The molecule has 1 heterocycles. The summed E-state index contributed by atoms with van der Waals surface area (Å²) in [7, 11) is 1.44. The summed E-state index contributed by atoms with van der Waals surface area (Å²) in [6.45, 7) is 2.63. The maximum Gasteiger partial charge on any atom is 0.309 e. The third kappa shape index (κ3) is 4.21. The average Bonchev–Trinajstić information content (AvgIpc) is 2.49. The van der Waals surface area contributed by atoms with Gasteiger partial charge in [-0.3, -0.25) is 4.79 Å². The van der Waals surface area contributed by atoms with Gasteiger partial charge in [-0.25, -0.2) is 4.39 Å². The van der Waals surface area contributed by atoms with Crippen LogP contribution in [0.4, 0.5) is 4.39 Å². The molecule has 1 aromatic carbocycles. The van der Waals surface area contributed by atoms with Gasteiger partial charge in [0.25, 0.3) is 0 Å². The number of methoxy groups -OCH3 is 1. The van der Waals surface area contributed by atoms with E-state index in [1.165, 1.54) is 24.9 Å². The van der Waals surface area contributed by atoms with E-state index >= 15 is 0 Å². The van der Waals surface area contributed by atoms with Crippen LogP contribution >= 0.6 is 11.8 Å². The zero-order valence-corrected chi connectivity index (χ0v) is 12.5. The normalized spacial score (nSPS) is 19.8. The van der Waals surface area contributed by atoms with Gasteiger partial charge < -0.3 is 9.64 Å². The van der Waals surface area contributed by atoms with Gasteiger partial charge in [0.05, 0.1) is 13.0 Å². The second-order valence-electron chi connectivity index (χ2n) is 4.94. The van der Waals surface area contributed by atoms with Gasteiger partial charge >= 0.3 is 5.97 Å². The van der Waals surface area contributed by atoms with Crippen LogP contribution in [0.2, 0.25) is 0 Å². The molecule has 1 aromatic rings. The molecule has 0 amide bonds. The quantitative estimate of drug-likeness (QED) is 0.617. The first-order chi connectivity index (χ1) is 9.70. The van der Waals surface area contributed by atoms with Crippen molar-refractivity contribution >= 4 is 17.7 Å². The highest BCUT2D eigenvalue weighted by Gasteiger charge is 2.25. The van der Waals surface area contributed by atoms with Gasteiger partial charge in [0, 0.05) is 23.7 Å². The van der Waals surface area contributed by atoms with Crippen LogP contribution in [-0.4, -0.2) is 43.4 Å². The lowest BCUT2D eigenvalue weighted by Crippen LogP contribution is -2.40. The molecule has 0 saturated carbocycles. The number of halogens is 1. The van der Waals surface area contributed by atoms with Gasteiger partial charge in [-0.1, -0.05) is 12.1 Å². The van der Waals surface area contributed by atoms with Crippen LogP contribution in [-0.2, 0) is 9.53 Å². The van der Waals surface area contributed by atoms with Gasteiger partial charge in [0.2, 0.25) is 0 Å². The van der Waals surface area contributed by atoms with Crippen molar-refractivity contribution in [2.24, 2.45) is 5.92 Å². The van der Waals surface area contributed by atoms with Gasteiger partial charge in [-0.15, -0.1) is 11.8 Å². The van der Waals surface area contributed by atoms with Gasteiger partial charge in [-0.2, -0.15) is 0 Å². The summed E-state index contributed by atoms with van der Waals surface area (Å²) in [6, 6.07) is 6.83. The molecule has 0 bridgehead atoms. The molecule has 5 heteroatoms. The molecule has 2 rings (SSSR count). The molecular formula is C15H20FNO2S. The number of carbonyl (C=O) groups excluding carboxylic acids is 1. The number of ether oxygens (including phenoxy) is 1. The van der Waals surface area contributed by atoms with Crippen molar-refractivity contribution in [2.75, 3.05) is 32.5 Å². The van der Waals surface area contributed by atoms with Gasteiger partial charge in [0.15, 0.2) is 0 Å². The van der Waals surface area contributed by atoms with Crippen molar-refractivity contribution < 1.29 is 13.9 Å². The Bertz CT molecular complexity index is 455. The smallest absolute Gasteiger partial charge is 0.309 e. The van der Waals surface area contributed by atoms with Crippen LogP contribution < -0.4 is 0 Å². The summed E-state index contributed by atoms with van der Waals surface area (Å²) >= 11 is 1.52. The molecule has 3 nitrogen and oxygen atoms in total. The van der Waals surface area contributed by atoms with E-state index < -0.39 is 0 Å². The maximum absolute atomic E-state index is 13.5. The zero-order valence-electron chi connectivity index (χ0n) is 11.7. The average molecular weight is 297 g/mol. The van der Waals surface area contributed by atoms with Crippen molar-refractivity contribution in [1.82, 2.24) is 4.90 Å². The highest BCUT2D eigenvalue weighted by atomic mass is 32.2. The summed E-state index contributed by atoms with van der Waals surface area (Å²) in [4.78, 5) is 14.5. The molecule has 1 fully saturated rings. The summed E-state index contributed by atoms with van der Waals surface area (Å²) in [5.74, 6) is 0.543. The molecular weight excluding hydrogens is 277 g/mol. The minimum Gasteiger partial charge on any atom is -0.469 e. The summed E-state index contributed by atoms with van der Waals surface area (Å²) in [5, 5.41) is 0. The second-order valence-corrected chi connectivity index (χ2v) is 6.08. The maximum atomic E-state index is 13.5. The number of piperidine rings is 1. The molecule has 1 unspecified atom stereocenters. The van der Waals surface area contributed by atoms with E-state index in [0.717, 1.165) is 38.2 Å². The number of likely N-dealkylation sites (tertiary alicyclic amines) is 1. The van der Waals surface area contributed by atoms with E-state index in [-0.39, 0.29) is 17.7 Å². The standard InChI is InChI=1S/C15H20FNO2S/c1-19-15(18)12-5-4-8-17(11-12)9-10-20-14-7-3-2-6-13(14)16/h2-3,6-7,12H,4-5,8-11H2,1H3. The monoisotopic (exact) mass is 297 g/mol. The lowest BCUT2D eigenvalue weighted by Gasteiger charge is -2.31. The Kier molecular flexibility index (Phi) is 5.86. The molecule has 0 radical (unpaired) electrons. The SMILES string of the molecule is COC(=O)C1CCCN(CCSc2ccccc2F)C1. The predicted octanol–water partition coefficient (Wildman–Crippen LogP) is 2.80. The van der Waals surface area contributed by atoms with Crippen LogP contribution in [0.25, 0.3) is 0 Å². The third-order valence-corrected chi connectivity index (χ3v) is 4.57. The number of nitrogens with zero attached hydrogens (tertiary/aromatic N) is 1. The first-order valence-corrected chi connectivity index (χ1v) is 7.87. The fraction of sp³-hybridized carbons (Fsp3) is 0.533. The summed E-state index contributed by atoms with van der Waals surface area (Å²) < 4.78 is 18.3. The van der Waals surface area contributed by atoms with E-state index in [9.17, 15) is 9.18 Å². The van der Waals surface area contributed by atoms with Crippen molar-refractivity contribution in [2.45, 2.75) is 17.7 Å². The van der Waals surface area contributed by atoms with Crippen LogP contribution in [0.15, 0.2) is 29.2 Å². The number of carbonyl (C=O) groups is 1. The summed E-state index contributed by atoms with van der Waals surface area (Å²) in [6.07, 6.45) is 1.92. The Labute approximate surface area is 123 Å². The predicted molar refractivity (Wildman–Crippen MR) is 78.3 cm³/mol. The van der Waals surface area contributed by atoms with E-state index in [1.807, 2.05) is 6.07 Å². The van der Waals surface area contributed by atoms with E-state index in [0.29, 0.717) is 4.90 Å². The first kappa shape index (κ1) is 15.3.